The van der Waals surface area contributed by atoms with Gasteiger partial charge in [0.2, 0.25) is 0 Å². The summed E-state index contributed by atoms with van der Waals surface area (Å²) in [7, 11) is 1.77. The minimum absolute atomic E-state index is 0.118. The Hall–Kier alpha value is -0.770. The van der Waals surface area contributed by atoms with Crippen molar-refractivity contribution in [3.05, 3.63) is 0 Å². The van der Waals surface area contributed by atoms with Crippen molar-refractivity contribution in [2.24, 2.45) is 0 Å². The standard InChI is InChI=1S/C12H23NO3/c1-11(2,3)16-10(15)13(4)12(8-9-14)6-5-7-12/h14H,5-9H2,1-4H3. The van der Waals surface area contributed by atoms with Crippen molar-refractivity contribution in [1.82, 2.24) is 4.90 Å². The molecule has 1 N–H and O–H groups in total. The predicted octanol–water partition coefficient (Wildman–Crippen LogP) is 2.16. The molecule has 0 atom stereocenters. The monoisotopic (exact) mass is 229 g/mol. The molecule has 0 heterocycles. The van der Waals surface area contributed by atoms with Gasteiger partial charge in [-0.15, -0.1) is 0 Å². The van der Waals surface area contributed by atoms with Crippen LogP contribution in [0, 0.1) is 0 Å². The molecule has 0 radical (unpaired) electrons. The fraction of sp³-hybridized carbons (Fsp3) is 0.917. The summed E-state index contributed by atoms with van der Waals surface area (Å²) in [5.74, 6) is 0. The van der Waals surface area contributed by atoms with E-state index in [9.17, 15) is 4.79 Å². The quantitative estimate of drug-likeness (QED) is 0.806. The molecule has 1 aliphatic carbocycles. The van der Waals surface area contributed by atoms with Gasteiger partial charge in [0.25, 0.3) is 0 Å². The van der Waals surface area contributed by atoms with Crippen LogP contribution >= 0.6 is 0 Å². The van der Waals surface area contributed by atoms with Crippen LogP contribution in [0.25, 0.3) is 0 Å². The maximum Gasteiger partial charge on any atom is 0.410 e. The highest BCUT2D eigenvalue weighted by Crippen LogP contribution is 2.40. The fourth-order valence-corrected chi connectivity index (χ4v) is 2.07. The minimum Gasteiger partial charge on any atom is -0.444 e. The predicted molar refractivity (Wildman–Crippen MR) is 62.3 cm³/mol. The second-order valence-corrected chi connectivity index (χ2v) is 5.59. The Morgan fingerprint density at radius 3 is 2.31 bits per heavy atom. The molecule has 0 spiro atoms. The van der Waals surface area contributed by atoms with E-state index in [0.29, 0.717) is 6.42 Å². The van der Waals surface area contributed by atoms with E-state index < -0.39 is 5.60 Å². The van der Waals surface area contributed by atoms with Gasteiger partial charge in [-0.1, -0.05) is 0 Å². The van der Waals surface area contributed by atoms with Crippen LogP contribution in [0.1, 0.15) is 46.5 Å². The Kier molecular flexibility index (Phi) is 3.84. The number of aliphatic hydroxyl groups excluding tert-OH is 1. The summed E-state index contributed by atoms with van der Waals surface area (Å²) in [6.45, 7) is 5.70. The van der Waals surface area contributed by atoms with E-state index in [4.69, 9.17) is 9.84 Å². The topological polar surface area (TPSA) is 49.8 Å². The van der Waals surface area contributed by atoms with Crippen LogP contribution in [-0.2, 0) is 4.74 Å². The van der Waals surface area contributed by atoms with Crippen molar-refractivity contribution >= 4 is 6.09 Å². The van der Waals surface area contributed by atoms with E-state index in [-0.39, 0.29) is 18.2 Å². The second kappa shape index (κ2) is 4.62. The summed E-state index contributed by atoms with van der Waals surface area (Å²) in [5, 5.41) is 9.05. The van der Waals surface area contributed by atoms with Crippen molar-refractivity contribution in [2.75, 3.05) is 13.7 Å². The van der Waals surface area contributed by atoms with Crippen molar-refractivity contribution in [1.29, 1.82) is 0 Å². The molecule has 0 unspecified atom stereocenters. The maximum absolute atomic E-state index is 11.9. The van der Waals surface area contributed by atoms with Gasteiger partial charge in [-0.3, -0.25) is 0 Å². The number of aliphatic hydroxyl groups is 1. The molecule has 16 heavy (non-hydrogen) atoms. The van der Waals surface area contributed by atoms with Gasteiger partial charge >= 0.3 is 6.09 Å². The first-order valence-electron chi connectivity index (χ1n) is 5.88. The summed E-state index contributed by atoms with van der Waals surface area (Å²) in [6.07, 6.45) is 3.39. The van der Waals surface area contributed by atoms with Crippen molar-refractivity contribution in [3.63, 3.8) is 0 Å². The largest absolute Gasteiger partial charge is 0.444 e. The Balaban J connectivity index is 2.61. The van der Waals surface area contributed by atoms with Gasteiger partial charge in [0.15, 0.2) is 0 Å². The molecular weight excluding hydrogens is 206 g/mol. The number of hydrogen-bond donors (Lipinski definition) is 1. The van der Waals surface area contributed by atoms with E-state index in [2.05, 4.69) is 0 Å². The average Bonchev–Trinajstić information content (AvgIpc) is 2.07. The van der Waals surface area contributed by atoms with Gasteiger partial charge in [0, 0.05) is 19.2 Å². The first-order valence-corrected chi connectivity index (χ1v) is 5.88. The summed E-state index contributed by atoms with van der Waals surface area (Å²) >= 11 is 0. The van der Waals surface area contributed by atoms with Gasteiger partial charge in [0.1, 0.15) is 5.60 Å². The third-order valence-corrected chi connectivity index (χ3v) is 3.24. The molecule has 1 amide bonds. The van der Waals surface area contributed by atoms with E-state index in [0.717, 1.165) is 19.3 Å². The van der Waals surface area contributed by atoms with Crippen LogP contribution in [0.2, 0.25) is 0 Å². The van der Waals surface area contributed by atoms with Crippen LogP contribution in [0.4, 0.5) is 4.79 Å². The van der Waals surface area contributed by atoms with E-state index in [1.807, 2.05) is 20.8 Å². The van der Waals surface area contributed by atoms with Crippen molar-refractivity contribution in [3.8, 4) is 0 Å². The first kappa shape index (κ1) is 13.3. The number of amides is 1. The third kappa shape index (κ3) is 2.88. The number of carbonyl (C=O) groups excluding carboxylic acids is 1. The summed E-state index contributed by atoms with van der Waals surface area (Å²) in [4.78, 5) is 13.6. The summed E-state index contributed by atoms with van der Waals surface area (Å²) in [6, 6.07) is 0. The Labute approximate surface area is 97.6 Å². The lowest BCUT2D eigenvalue weighted by molar-refractivity contribution is -0.0241. The molecule has 94 valence electrons. The van der Waals surface area contributed by atoms with E-state index in [1.165, 1.54) is 0 Å². The minimum atomic E-state index is -0.463. The maximum atomic E-state index is 11.9. The van der Waals surface area contributed by atoms with Crippen molar-refractivity contribution in [2.45, 2.75) is 57.6 Å². The normalized spacial score (nSPS) is 18.8. The summed E-state index contributed by atoms with van der Waals surface area (Å²) in [5.41, 5.74) is -0.632. The molecule has 1 rings (SSSR count). The van der Waals surface area contributed by atoms with Gasteiger partial charge in [-0.05, 0) is 46.5 Å². The number of ether oxygens (including phenoxy) is 1. The molecule has 0 saturated heterocycles. The van der Waals surface area contributed by atoms with Crippen LogP contribution in [0.3, 0.4) is 0 Å². The number of nitrogens with zero attached hydrogens (tertiary/aromatic N) is 1. The van der Waals surface area contributed by atoms with E-state index in [1.54, 1.807) is 11.9 Å². The van der Waals surface area contributed by atoms with E-state index >= 15 is 0 Å². The van der Waals surface area contributed by atoms with Gasteiger partial charge in [-0.25, -0.2) is 4.79 Å². The van der Waals surface area contributed by atoms with Gasteiger partial charge in [0.05, 0.1) is 0 Å². The Morgan fingerprint density at radius 1 is 1.44 bits per heavy atom. The second-order valence-electron chi connectivity index (χ2n) is 5.59. The van der Waals surface area contributed by atoms with Crippen LogP contribution in [0.15, 0.2) is 0 Å². The lowest BCUT2D eigenvalue weighted by atomic mass is 9.73. The molecule has 0 aromatic rings. The highest BCUT2D eigenvalue weighted by atomic mass is 16.6. The molecular formula is C12H23NO3. The fourth-order valence-electron chi connectivity index (χ4n) is 2.07. The molecule has 0 aromatic heterocycles. The lowest BCUT2D eigenvalue weighted by Crippen LogP contribution is -2.55. The Morgan fingerprint density at radius 2 is 2.00 bits per heavy atom. The SMILES string of the molecule is CN(C(=O)OC(C)(C)C)C1(CCO)CCC1. The van der Waals surface area contributed by atoms with Crippen molar-refractivity contribution < 1.29 is 14.6 Å². The lowest BCUT2D eigenvalue weighted by Gasteiger charge is -2.48. The highest BCUT2D eigenvalue weighted by molar-refractivity contribution is 5.69. The molecule has 4 nitrogen and oxygen atoms in total. The first-order chi connectivity index (χ1) is 7.31. The Bertz CT molecular complexity index is 253. The van der Waals surface area contributed by atoms with Crippen LogP contribution in [0.5, 0.6) is 0 Å². The molecule has 1 fully saturated rings. The van der Waals surface area contributed by atoms with Crippen LogP contribution < -0.4 is 0 Å². The molecule has 0 aliphatic heterocycles. The van der Waals surface area contributed by atoms with Crippen LogP contribution in [-0.4, -0.2) is 40.9 Å². The number of rotatable bonds is 3. The average molecular weight is 229 g/mol. The molecule has 1 aliphatic rings. The number of carbonyl (C=O) groups is 1. The summed E-state index contributed by atoms with van der Waals surface area (Å²) < 4.78 is 5.33. The highest BCUT2D eigenvalue weighted by Gasteiger charge is 2.43. The zero-order valence-electron chi connectivity index (χ0n) is 10.7. The molecule has 0 aromatic carbocycles. The molecule has 4 heteroatoms. The number of hydrogen-bond acceptors (Lipinski definition) is 3. The zero-order valence-corrected chi connectivity index (χ0v) is 10.7. The third-order valence-electron chi connectivity index (χ3n) is 3.24. The van der Waals surface area contributed by atoms with Gasteiger partial charge in [-0.2, -0.15) is 0 Å². The smallest absolute Gasteiger partial charge is 0.410 e. The molecule has 0 bridgehead atoms. The zero-order chi connectivity index (χ0) is 12.4. The molecule has 1 saturated carbocycles. The van der Waals surface area contributed by atoms with Gasteiger partial charge < -0.3 is 14.7 Å².